The van der Waals surface area contributed by atoms with Crippen LogP contribution in [-0.2, 0) is 0 Å². The highest BCUT2D eigenvalue weighted by atomic mass is 19.1. The third kappa shape index (κ3) is 1.73. The van der Waals surface area contributed by atoms with E-state index in [2.05, 4.69) is 12.3 Å². The van der Waals surface area contributed by atoms with Gasteiger partial charge in [-0.05, 0) is 32.1 Å². The van der Waals surface area contributed by atoms with Crippen molar-refractivity contribution in [2.45, 2.75) is 31.9 Å². The predicted octanol–water partition coefficient (Wildman–Crippen LogP) is 2.35. The van der Waals surface area contributed by atoms with E-state index in [9.17, 15) is 4.39 Å². The number of hydrogen-bond acceptors (Lipinski definition) is 0. The highest BCUT2D eigenvalue weighted by molar-refractivity contribution is 4.99. The zero-order valence-corrected chi connectivity index (χ0v) is 6.02. The number of halogens is 1. The Bertz CT molecular complexity index is 128. The average Bonchev–Trinajstić information content (AvgIpc) is 2.05. The van der Waals surface area contributed by atoms with Gasteiger partial charge in [0.25, 0.3) is 0 Å². The van der Waals surface area contributed by atoms with E-state index in [1.807, 2.05) is 0 Å². The third-order valence-corrected chi connectivity index (χ3v) is 2.06. The predicted molar refractivity (Wildman–Crippen MR) is 40.0 cm³/mol. The van der Waals surface area contributed by atoms with Gasteiger partial charge in [0, 0.05) is 5.92 Å². The number of terminal acetylenes is 1. The summed E-state index contributed by atoms with van der Waals surface area (Å²) in [5.74, 6) is 2.29. The molecule has 0 nitrogen and oxygen atoms in total. The van der Waals surface area contributed by atoms with Crippen molar-refractivity contribution in [3.63, 3.8) is 0 Å². The van der Waals surface area contributed by atoms with Crippen LogP contribution in [0.2, 0.25) is 0 Å². The molecule has 1 saturated carbocycles. The minimum atomic E-state index is -1.01. The Morgan fingerprint density at radius 1 is 1.50 bits per heavy atom. The van der Waals surface area contributed by atoms with Crippen LogP contribution in [0, 0.1) is 24.7 Å². The van der Waals surface area contributed by atoms with Gasteiger partial charge in [-0.25, -0.2) is 4.39 Å². The molecule has 0 aromatic carbocycles. The van der Waals surface area contributed by atoms with E-state index in [0.29, 0.717) is 0 Å². The van der Waals surface area contributed by atoms with Crippen LogP contribution in [0.5, 0.6) is 0 Å². The molecule has 0 heterocycles. The maximum Gasteiger partial charge on any atom is 0.163 e. The van der Waals surface area contributed by atoms with E-state index in [1.165, 1.54) is 0 Å². The second kappa shape index (κ2) is 3.61. The summed E-state index contributed by atoms with van der Waals surface area (Å²) in [6.07, 6.45) is 10.1. The first-order valence-electron chi connectivity index (χ1n) is 3.76. The summed E-state index contributed by atoms with van der Waals surface area (Å²) in [6, 6.07) is 0. The fraction of sp³-hybridized carbons (Fsp3) is 0.667. The van der Waals surface area contributed by atoms with Crippen LogP contribution in [0.4, 0.5) is 4.39 Å². The first-order chi connectivity index (χ1) is 4.84. The summed E-state index contributed by atoms with van der Waals surface area (Å²) in [4.78, 5) is 0. The molecule has 0 aromatic rings. The molecule has 0 amide bonds. The van der Waals surface area contributed by atoms with E-state index in [0.717, 1.165) is 25.7 Å². The number of rotatable bonds is 1. The number of hydrogen-bond donors (Lipinski definition) is 0. The molecule has 1 heteroatoms. The lowest BCUT2D eigenvalue weighted by Crippen LogP contribution is -2.17. The van der Waals surface area contributed by atoms with Gasteiger partial charge in [0.15, 0.2) is 6.17 Å². The molecule has 1 radical (unpaired) electrons. The molecule has 0 spiro atoms. The molecule has 0 bridgehead atoms. The van der Waals surface area contributed by atoms with Crippen molar-refractivity contribution in [1.82, 2.24) is 0 Å². The van der Waals surface area contributed by atoms with Gasteiger partial charge in [0.1, 0.15) is 0 Å². The molecule has 1 aliphatic carbocycles. The van der Waals surface area contributed by atoms with Crippen molar-refractivity contribution >= 4 is 0 Å². The molecular formula is C9H12F. The second-order valence-corrected chi connectivity index (χ2v) is 2.77. The molecule has 10 heavy (non-hydrogen) atoms. The minimum Gasteiger partial charge on any atom is -0.233 e. The minimum absolute atomic E-state index is 0.134. The van der Waals surface area contributed by atoms with Crippen LogP contribution in [0.3, 0.4) is 0 Å². The summed E-state index contributed by atoms with van der Waals surface area (Å²) >= 11 is 0. The summed E-state index contributed by atoms with van der Waals surface area (Å²) in [5.41, 5.74) is 0. The van der Waals surface area contributed by atoms with Gasteiger partial charge < -0.3 is 0 Å². The van der Waals surface area contributed by atoms with Gasteiger partial charge in [-0.15, -0.1) is 6.42 Å². The van der Waals surface area contributed by atoms with Crippen molar-refractivity contribution in [3.05, 3.63) is 6.42 Å². The highest BCUT2D eigenvalue weighted by Gasteiger charge is 2.20. The fourth-order valence-corrected chi connectivity index (χ4v) is 1.38. The Labute approximate surface area is 61.8 Å². The molecule has 0 N–H and O–H groups in total. The molecule has 1 unspecified atom stereocenters. The third-order valence-electron chi connectivity index (χ3n) is 2.06. The van der Waals surface area contributed by atoms with E-state index in [-0.39, 0.29) is 5.92 Å². The maximum atomic E-state index is 12.8. The Morgan fingerprint density at radius 2 is 2.10 bits per heavy atom. The standard InChI is InChI=1S/C9H12F/c1-2-9(10)8-6-4-3-5-7-8/h1,3,8-9H,4-7H2. The van der Waals surface area contributed by atoms with Crippen molar-refractivity contribution in [2.24, 2.45) is 5.92 Å². The van der Waals surface area contributed by atoms with E-state index < -0.39 is 6.17 Å². The Hall–Kier alpha value is -0.510. The Kier molecular flexibility index (Phi) is 2.74. The Morgan fingerprint density at radius 3 is 2.60 bits per heavy atom. The van der Waals surface area contributed by atoms with Gasteiger partial charge >= 0.3 is 0 Å². The smallest absolute Gasteiger partial charge is 0.163 e. The second-order valence-electron chi connectivity index (χ2n) is 2.77. The van der Waals surface area contributed by atoms with Gasteiger partial charge in [-0.1, -0.05) is 5.92 Å². The van der Waals surface area contributed by atoms with Crippen LogP contribution in [-0.4, -0.2) is 6.17 Å². The molecular weight excluding hydrogens is 127 g/mol. The molecule has 0 aliphatic heterocycles. The summed E-state index contributed by atoms with van der Waals surface area (Å²) in [7, 11) is 0. The molecule has 1 fully saturated rings. The number of alkyl halides is 1. The van der Waals surface area contributed by atoms with Crippen LogP contribution in [0.25, 0.3) is 0 Å². The average molecular weight is 139 g/mol. The van der Waals surface area contributed by atoms with Crippen molar-refractivity contribution in [2.75, 3.05) is 0 Å². The topological polar surface area (TPSA) is 0 Å². The van der Waals surface area contributed by atoms with Gasteiger partial charge in [-0.2, -0.15) is 0 Å². The lowest BCUT2D eigenvalue weighted by molar-refractivity contribution is 0.247. The van der Waals surface area contributed by atoms with Crippen LogP contribution in [0.15, 0.2) is 0 Å². The van der Waals surface area contributed by atoms with Gasteiger partial charge in [0.05, 0.1) is 0 Å². The summed E-state index contributed by atoms with van der Waals surface area (Å²) in [5, 5.41) is 0. The monoisotopic (exact) mass is 139 g/mol. The SMILES string of the molecule is C#CC(F)C1CC[CH]CC1. The fourth-order valence-electron chi connectivity index (χ4n) is 1.38. The molecule has 1 rings (SSSR count). The van der Waals surface area contributed by atoms with E-state index >= 15 is 0 Å². The lowest BCUT2D eigenvalue weighted by atomic mass is 9.86. The van der Waals surface area contributed by atoms with Crippen molar-refractivity contribution < 1.29 is 4.39 Å². The maximum absolute atomic E-state index is 12.8. The Balaban J connectivity index is 2.33. The summed E-state index contributed by atoms with van der Waals surface area (Å²) < 4.78 is 12.8. The molecule has 0 saturated heterocycles. The van der Waals surface area contributed by atoms with Crippen molar-refractivity contribution in [1.29, 1.82) is 0 Å². The van der Waals surface area contributed by atoms with Gasteiger partial charge in [0.2, 0.25) is 0 Å². The highest BCUT2D eigenvalue weighted by Crippen LogP contribution is 2.26. The van der Waals surface area contributed by atoms with Crippen molar-refractivity contribution in [3.8, 4) is 12.3 Å². The van der Waals surface area contributed by atoms with Crippen LogP contribution in [0.1, 0.15) is 25.7 Å². The zero-order chi connectivity index (χ0) is 7.40. The normalized spacial score (nSPS) is 23.6. The molecule has 55 valence electrons. The van der Waals surface area contributed by atoms with Gasteiger partial charge in [-0.3, -0.25) is 0 Å². The van der Waals surface area contributed by atoms with E-state index in [1.54, 1.807) is 0 Å². The zero-order valence-electron chi connectivity index (χ0n) is 6.02. The lowest BCUT2D eigenvalue weighted by Gasteiger charge is -2.21. The quantitative estimate of drug-likeness (QED) is 0.489. The molecule has 1 aliphatic rings. The summed E-state index contributed by atoms with van der Waals surface area (Å²) in [6.45, 7) is 0. The van der Waals surface area contributed by atoms with Crippen LogP contribution >= 0.6 is 0 Å². The largest absolute Gasteiger partial charge is 0.233 e. The van der Waals surface area contributed by atoms with E-state index in [4.69, 9.17) is 6.42 Å². The first kappa shape index (κ1) is 7.60. The first-order valence-corrected chi connectivity index (χ1v) is 3.76. The molecule has 1 atom stereocenters. The molecule has 0 aromatic heterocycles. The van der Waals surface area contributed by atoms with Crippen LogP contribution < -0.4 is 0 Å².